The largest absolute Gasteiger partial charge is 0.393 e. The summed E-state index contributed by atoms with van der Waals surface area (Å²) in [5, 5.41) is 0. The first-order chi connectivity index (χ1) is 10.7. The smallest absolute Gasteiger partial charge is 0.342 e. The average molecular weight is 333 g/mol. The van der Waals surface area contributed by atoms with Crippen molar-refractivity contribution in [2.75, 3.05) is 13.1 Å². The third kappa shape index (κ3) is 4.23. The summed E-state index contributed by atoms with van der Waals surface area (Å²) in [4.78, 5) is 40.6. The fraction of sp³-hybridized carbons (Fsp3) is 0.643. The van der Waals surface area contributed by atoms with Gasteiger partial charge in [-0.2, -0.15) is 13.2 Å². The van der Waals surface area contributed by atoms with Crippen LogP contribution in [0.2, 0.25) is 0 Å². The van der Waals surface area contributed by atoms with E-state index in [1.165, 1.54) is 11.8 Å². The lowest BCUT2D eigenvalue weighted by Crippen LogP contribution is -2.44. The molecule has 2 heterocycles. The van der Waals surface area contributed by atoms with Gasteiger partial charge >= 0.3 is 11.9 Å². The van der Waals surface area contributed by atoms with Gasteiger partial charge in [-0.15, -0.1) is 0 Å². The third-order valence-corrected chi connectivity index (χ3v) is 4.08. The number of amides is 1. The van der Waals surface area contributed by atoms with Gasteiger partial charge in [-0.3, -0.25) is 14.6 Å². The molecule has 1 aliphatic rings. The highest BCUT2D eigenvalue weighted by atomic mass is 19.4. The number of aromatic amines is 2. The minimum absolute atomic E-state index is 0.0337. The van der Waals surface area contributed by atoms with E-state index in [-0.39, 0.29) is 31.4 Å². The lowest BCUT2D eigenvalue weighted by Gasteiger charge is -2.33. The molecule has 2 rings (SSSR count). The quantitative estimate of drug-likeness (QED) is 0.869. The number of carbonyl (C=O) groups excluding carboxylic acids is 1. The second-order valence-corrected chi connectivity index (χ2v) is 5.73. The summed E-state index contributed by atoms with van der Waals surface area (Å²) in [5.41, 5.74) is -0.585. The number of nitrogens with zero attached hydrogens (tertiary/aromatic N) is 1. The van der Waals surface area contributed by atoms with Gasteiger partial charge in [0.2, 0.25) is 5.91 Å². The highest BCUT2D eigenvalue weighted by Crippen LogP contribution is 2.33. The number of carbonyl (C=O) groups is 1. The van der Waals surface area contributed by atoms with Gasteiger partial charge in [0, 0.05) is 30.8 Å². The van der Waals surface area contributed by atoms with Crippen LogP contribution in [0.5, 0.6) is 0 Å². The Morgan fingerprint density at radius 1 is 1.30 bits per heavy atom. The highest BCUT2D eigenvalue weighted by molar-refractivity contribution is 5.76. The lowest BCUT2D eigenvalue weighted by atomic mass is 9.97. The van der Waals surface area contributed by atoms with Gasteiger partial charge in [-0.1, -0.05) is 0 Å². The van der Waals surface area contributed by atoms with E-state index in [9.17, 15) is 27.6 Å². The molecule has 1 unspecified atom stereocenters. The van der Waals surface area contributed by atoms with E-state index < -0.39 is 29.3 Å². The minimum Gasteiger partial charge on any atom is -0.342 e. The van der Waals surface area contributed by atoms with Gasteiger partial charge < -0.3 is 9.88 Å². The van der Waals surface area contributed by atoms with Crippen molar-refractivity contribution in [3.8, 4) is 0 Å². The van der Waals surface area contributed by atoms with Gasteiger partial charge in [0.05, 0.1) is 5.92 Å². The van der Waals surface area contributed by atoms with Gasteiger partial charge in [0.15, 0.2) is 0 Å². The Bertz CT molecular complexity index is 693. The molecule has 1 saturated heterocycles. The standard InChI is InChI=1S/C14H18F3N3O3/c1-8-10(12(22)19-13(23)18-8)4-5-11(21)20-6-2-3-9(7-20)14(15,16)17/h9H,2-7H2,1H3,(H2,18,19,22,23). The average Bonchev–Trinajstić information content (AvgIpc) is 2.45. The minimum atomic E-state index is -4.30. The van der Waals surface area contributed by atoms with Crippen LogP contribution in [0.15, 0.2) is 9.59 Å². The van der Waals surface area contributed by atoms with E-state index in [0.717, 1.165) is 0 Å². The van der Waals surface area contributed by atoms with Crippen LogP contribution in [0.25, 0.3) is 0 Å². The molecular formula is C14H18F3N3O3. The van der Waals surface area contributed by atoms with Crippen LogP contribution in [0.1, 0.15) is 30.5 Å². The summed E-state index contributed by atoms with van der Waals surface area (Å²) in [7, 11) is 0. The maximum absolute atomic E-state index is 12.8. The molecule has 23 heavy (non-hydrogen) atoms. The fourth-order valence-electron chi connectivity index (χ4n) is 2.79. The molecule has 0 spiro atoms. The number of hydrogen-bond donors (Lipinski definition) is 2. The summed E-state index contributed by atoms with van der Waals surface area (Å²) >= 11 is 0. The molecule has 1 aromatic rings. The first kappa shape index (κ1) is 17.3. The summed E-state index contributed by atoms with van der Waals surface area (Å²) in [6, 6.07) is 0. The third-order valence-electron chi connectivity index (χ3n) is 4.08. The lowest BCUT2D eigenvalue weighted by molar-refractivity contribution is -0.188. The van der Waals surface area contributed by atoms with E-state index in [1.54, 1.807) is 0 Å². The second-order valence-electron chi connectivity index (χ2n) is 5.73. The van der Waals surface area contributed by atoms with Crippen molar-refractivity contribution in [1.29, 1.82) is 0 Å². The highest BCUT2D eigenvalue weighted by Gasteiger charge is 2.42. The van der Waals surface area contributed by atoms with Crippen LogP contribution >= 0.6 is 0 Å². The van der Waals surface area contributed by atoms with Gasteiger partial charge in [0.1, 0.15) is 0 Å². The molecule has 0 saturated carbocycles. The van der Waals surface area contributed by atoms with Crippen LogP contribution < -0.4 is 11.2 Å². The number of H-pyrrole nitrogens is 2. The van der Waals surface area contributed by atoms with E-state index >= 15 is 0 Å². The number of nitrogens with one attached hydrogen (secondary N) is 2. The van der Waals surface area contributed by atoms with Crippen molar-refractivity contribution in [3.63, 3.8) is 0 Å². The molecule has 1 aromatic heterocycles. The molecule has 128 valence electrons. The van der Waals surface area contributed by atoms with E-state index in [0.29, 0.717) is 18.7 Å². The number of rotatable bonds is 3. The molecule has 2 N–H and O–H groups in total. The number of hydrogen-bond acceptors (Lipinski definition) is 3. The predicted octanol–water partition coefficient (Wildman–Crippen LogP) is 1.11. The molecule has 1 aliphatic heterocycles. The molecule has 0 bridgehead atoms. The SMILES string of the molecule is Cc1[nH]c(=O)[nH]c(=O)c1CCC(=O)N1CCCC(C(F)(F)F)C1. The van der Waals surface area contributed by atoms with Crippen molar-refractivity contribution >= 4 is 5.91 Å². The Morgan fingerprint density at radius 2 is 2.00 bits per heavy atom. The van der Waals surface area contributed by atoms with Gasteiger partial charge in [0.25, 0.3) is 5.56 Å². The zero-order valence-electron chi connectivity index (χ0n) is 12.6. The number of aromatic nitrogens is 2. The number of likely N-dealkylation sites (tertiary alicyclic amines) is 1. The topological polar surface area (TPSA) is 86.0 Å². The van der Waals surface area contributed by atoms with Crippen LogP contribution in [0.4, 0.5) is 13.2 Å². The molecule has 9 heteroatoms. The van der Waals surface area contributed by atoms with Crippen LogP contribution in [-0.2, 0) is 11.2 Å². The Balaban J connectivity index is 2.00. The normalized spacial score (nSPS) is 19.0. The number of alkyl halides is 3. The summed E-state index contributed by atoms with van der Waals surface area (Å²) < 4.78 is 38.3. The van der Waals surface area contributed by atoms with E-state index in [2.05, 4.69) is 9.97 Å². The first-order valence-corrected chi connectivity index (χ1v) is 7.35. The molecule has 1 fully saturated rings. The van der Waals surface area contributed by atoms with Crippen molar-refractivity contribution in [2.24, 2.45) is 5.92 Å². The Labute approximate surface area is 129 Å². The molecular weight excluding hydrogens is 315 g/mol. The van der Waals surface area contributed by atoms with Crippen LogP contribution in [0.3, 0.4) is 0 Å². The van der Waals surface area contributed by atoms with Gasteiger partial charge in [-0.05, 0) is 26.2 Å². The van der Waals surface area contributed by atoms with Crippen molar-refractivity contribution in [3.05, 3.63) is 32.1 Å². The molecule has 0 radical (unpaired) electrons. The number of aryl methyl sites for hydroxylation is 1. The zero-order chi connectivity index (χ0) is 17.2. The van der Waals surface area contributed by atoms with Crippen molar-refractivity contribution < 1.29 is 18.0 Å². The molecule has 6 nitrogen and oxygen atoms in total. The van der Waals surface area contributed by atoms with E-state index in [4.69, 9.17) is 0 Å². The Morgan fingerprint density at radius 3 is 2.61 bits per heavy atom. The first-order valence-electron chi connectivity index (χ1n) is 7.35. The maximum Gasteiger partial charge on any atom is 0.393 e. The second kappa shape index (κ2) is 6.59. The van der Waals surface area contributed by atoms with Crippen LogP contribution in [-0.4, -0.2) is 40.0 Å². The molecule has 1 atom stereocenters. The number of halogens is 3. The predicted molar refractivity (Wildman–Crippen MR) is 76.1 cm³/mol. The monoisotopic (exact) mass is 333 g/mol. The Hall–Kier alpha value is -2.06. The molecule has 0 aromatic carbocycles. The fourth-order valence-corrected chi connectivity index (χ4v) is 2.79. The summed E-state index contributed by atoms with van der Waals surface area (Å²) in [6.07, 6.45) is -3.95. The molecule has 0 aliphatic carbocycles. The van der Waals surface area contributed by atoms with Crippen LogP contribution in [0, 0.1) is 12.8 Å². The van der Waals surface area contributed by atoms with Crippen molar-refractivity contribution in [1.82, 2.24) is 14.9 Å². The Kier molecular flexibility index (Phi) is 4.96. The van der Waals surface area contributed by atoms with Gasteiger partial charge in [-0.25, -0.2) is 4.79 Å². The van der Waals surface area contributed by atoms with Crippen molar-refractivity contribution in [2.45, 2.75) is 38.8 Å². The zero-order valence-corrected chi connectivity index (χ0v) is 12.6. The summed E-state index contributed by atoms with van der Waals surface area (Å²) in [6.45, 7) is 1.51. The van der Waals surface area contributed by atoms with E-state index in [1.807, 2.05) is 0 Å². The maximum atomic E-state index is 12.8. The summed E-state index contributed by atoms with van der Waals surface area (Å²) in [5.74, 6) is -1.90. The molecule has 1 amide bonds. The number of piperidine rings is 1.